The topological polar surface area (TPSA) is 94.8 Å². The molecule has 0 bridgehead atoms. The first-order valence-corrected chi connectivity index (χ1v) is 8.99. The van der Waals surface area contributed by atoms with E-state index in [0.29, 0.717) is 12.0 Å². The number of aromatic hydroxyl groups is 1. The van der Waals surface area contributed by atoms with Gasteiger partial charge in [-0.3, -0.25) is 4.79 Å². The fourth-order valence-electron chi connectivity index (χ4n) is 2.14. The molecule has 0 radical (unpaired) electrons. The fourth-order valence-corrected chi connectivity index (χ4v) is 2.14. The van der Waals surface area contributed by atoms with Crippen LogP contribution in [0.3, 0.4) is 0 Å². The molecule has 5 heteroatoms. The molecule has 0 unspecified atom stereocenters. The summed E-state index contributed by atoms with van der Waals surface area (Å²) in [4.78, 5) is 20.8. The van der Waals surface area contributed by atoms with Crippen molar-refractivity contribution in [3.05, 3.63) is 53.6 Å². The second kappa shape index (κ2) is 14.8. The van der Waals surface area contributed by atoms with Gasteiger partial charge in [-0.05, 0) is 50.2 Å². The Labute approximate surface area is 155 Å². The molecule has 144 valence electrons. The van der Waals surface area contributed by atoms with Gasteiger partial charge in [0.05, 0.1) is 0 Å². The van der Waals surface area contributed by atoms with Gasteiger partial charge in [-0.25, -0.2) is 4.79 Å². The summed E-state index contributed by atoms with van der Waals surface area (Å²) in [6.07, 6.45) is 13.6. The highest BCUT2D eigenvalue weighted by Gasteiger charge is 2.11. The van der Waals surface area contributed by atoms with Crippen molar-refractivity contribution in [2.45, 2.75) is 58.8 Å². The first kappa shape index (κ1) is 23.4. The van der Waals surface area contributed by atoms with Crippen LogP contribution < -0.4 is 0 Å². The maximum atomic E-state index is 10.8. The Hall–Kier alpha value is -2.56. The molecule has 0 amide bonds. The molecule has 0 atom stereocenters. The van der Waals surface area contributed by atoms with Crippen molar-refractivity contribution < 1.29 is 24.9 Å². The summed E-state index contributed by atoms with van der Waals surface area (Å²) in [6, 6.07) is 4.81. The van der Waals surface area contributed by atoms with Crippen LogP contribution in [0.1, 0.15) is 68.3 Å². The lowest BCUT2D eigenvalue weighted by Crippen LogP contribution is -1.98. The molecule has 1 aromatic rings. The highest BCUT2D eigenvalue weighted by Crippen LogP contribution is 2.23. The molecule has 0 fully saturated rings. The molecule has 0 aliphatic rings. The monoisotopic (exact) mass is 362 g/mol. The number of allylic oxidation sites excluding steroid dienone is 4. The summed E-state index contributed by atoms with van der Waals surface area (Å²) in [5.74, 6) is -1.91. The average molecular weight is 362 g/mol. The molecule has 0 saturated carbocycles. The minimum Gasteiger partial charge on any atom is -0.507 e. The predicted molar refractivity (Wildman–Crippen MR) is 104 cm³/mol. The molecule has 0 aromatic heterocycles. The lowest BCUT2D eigenvalue weighted by atomic mass is 10.0. The summed E-state index contributed by atoms with van der Waals surface area (Å²) < 4.78 is 0. The highest BCUT2D eigenvalue weighted by molar-refractivity contribution is 5.91. The van der Waals surface area contributed by atoms with Crippen LogP contribution in [0, 0.1) is 0 Å². The second-order valence-electron chi connectivity index (χ2n) is 5.70. The summed E-state index contributed by atoms with van der Waals surface area (Å²) in [5, 5.41) is 26.8. The summed E-state index contributed by atoms with van der Waals surface area (Å²) in [7, 11) is 0. The van der Waals surface area contributed by atoms with Crippen molar-refractivity contribution in [1.29, 1.82) is 0 Å². The van der Waals surface area contributed by atoms with E-state index in [2.05, 4.69) is 26.0 Å². The first-order valence-electron chi connectivity index (χ1n) is 8.99. The number of carboxylic acid groups (broad SMARTS) is 2. The van der Waals surface area contributed by atoms with Gasteiger partial charge in [0.25, 0.3) is 0 Å². The Morgan fingerprint density at radius 3 is 2.12 bits per heavy atom. The SMILES string of the molecule is CC/C=C/CCCC(=O)O.CC/C=C/CCc1cccc(C(=O)O)c1O. The number of para-hydroxylation sites is 1. The van der Waals surface area contributed by atoms with Crippen LogP contribution in [0.15, 0.2) is 42.5 Å². The van der Waals surface area contributed by atoms with Crippen LogP contribution in [-0.4, -0.2) is 27.3 Å². The zero-order chi connectivity index (χ0) is 19.8. The van der Waals surface area contributed by atoms with E-state index in [4.69, 9.17) is 10.2 Å². The normalized spacial score (nSPS) is 10.7. The smallest absolute Gasteiger partial charge is 0.339 e. The number of aryl methyl sites for hydroxylation is 1. The van der Waals surface area contributed by atoms with Crippen molar-refractivity contribution in [2.24, 2.45) is 0 Å². The number of carbonyl (C=O) groups is 2. The number of benzene rings is 1. The van der Waals surface area contributed by atoms with Gasteiger partial charge in [-0.15, -0.1) is 0 Å². The molecule has 5 nitrogen and oxygen atoms in total. The van der Waals surface area contributed by atoms with Crippen molar-refractivity contribution in [1.82, 2.24) is 0 Å². The van der Waals surface area contributed by atoms with E-state index in [-0.39, 0.29) is 17.7 Å². The molecule has 0 aliphatic heterocycles. The Morgan fingerprint density at radius 1 is 0.962 bits per heavy atom. The van der Waals surface area contributed by atoms with Gasteiger partial charge < -0.3 is 15.3 Å². The zero-order valence-corrected chi connectivity index (χ0v) is 15.6. The third kappa shape index (κ3) is 11.1. The van der Waals surface area contributed by atoms with Crippen LogP contribution >= 0.6 is 0 Å². The Kier molecular flexibility index (Phi) is 13.3. The van der Waals surface area contributed by atoms with Gasteiger partial charge >= 0.3 is 11.9 Å². The van der Waals surface area contributed by atoms with Crippen molar-refractivity contribution in [2.75, 3.05) is 0 Å². The number of rotatable bonds is 10. The predicted octanol–water partition coefficient (Wildman–Crippen LogP) is 5.20. The average Bonchev–Trinajstić information content (AvgIpc) is 2.60. The quantitative estimate of drug-likeness (QED) is 0.393. The van der Waals surface area contributed by atoms with Gasteiger partial charge in [-0.2, -0.15) is 0 Å². The molecule has 0 aliphatic carbocycles. The van der Waals surface area contributed by atoms with Gasteiger partial charge in [0, 0.05) is 6.42 Å². The van der Waals surface area contributed by atoms with Crippen LogP contribution in [0.2, 0.25) is 0 Å². The van der Waals surface area contributed by atoms with E-state index in [9.17, 15) is 14.7 Å². The number of hydrogen-bond acceptors (Lipinski definition) is 3. The molecule has 3 N–H and O–H groups in total. The number of aliphatic carboxylic acids is 1. The van der Waals surface area contributed by atoms with Crippen LogP contribution in [0.5, 0.6) is 5.75 Å². The largest absolute Gasteiger partial charge is 0.507 e. The molecule has 26 heavy (non-hydrogen) atoms. The highest BCUT2D eigenvalue weighted by atomic mass is 16.4. The number of phenols is 1. The zero-order valence-electron chi connectivity index (χ0n) is 15.6. The lowest BCUT2D eigenvalue weighted by molar-refractivity contribution is -0.137. The molecule has 0 spiro atoms. The lowest BCUT2D eigenvalue weighted by Gasteiger charge is -2.05. The third-order valence-corrected chi connectivity index (χ3v) is 3.50. The van der Waals surface area contributed by atoms with E-state index in [1.54, 1.807) is 12.1 Å². The number of unbranched alkanes of at least 4 members (excludes halogenated alkanes) is 1. The van der Waals surface area contributed by atoms with Crippen molar-refractivity contribution in [3.8, 4) is 5.75 Å². The van der Waals surface area contributed by atoms with E-state index in [1.165, 1.54) is 6.07 Å². The minimum absolute atomic E-state index is 0.0306. The van der Waals surface area contributed by atoms with Gasteiger partial charge in [-0.1, -0.05) is 50.3 Å². The molecular weight excluding hydrogens is 332 g/mol. The first-order chi connectivity index (χ1) is 12.4. The maximum absolute atomic E-state index is 10.8. The molecule has 0 saturated heterocycles. The summed E-state index contributed by atoms with van der Waals surface area (Å²) in [6.45, 7) is 4.12. The number of carboxylic acids is 2. The third-order valence-electron chi connectivity index (χ3n) is 3.50. The molecule has 0 heterocycles. The molecule has 1 aromatic carbocycles. The van der Waals surface area contributed by atoms with Crippen molar-refractivity contribution >= 4 is 11.9 Å². The number of hydrogen-bond donors (Lipinski definition) is 3. The van der Waals surface area contributed by atoms with Gasteiger partial charge in [0.2, 0.25) is 0 Å². The van der Waals surface area contributed by atoms with E-state index >= 15 is 0 Å². The number of aromatic carboxylic acids is 1. The van der Waals surface area contributed by atoms with Crippen molar-refractivity contribution in [3.63, 3.8) is 0 Å². The standard InChI is InChI=1S/C13H16O3.C8H14O2/c1-2-3-4-5-7-10-8-6-9-11(12(10)14)13(15)16;1-2-3-4-5-6-7-8(9)10/h3-4,6,8-9,14H,2,5,7H2,1H3,(H,15,16);3-4H,2,5-7H2,1H3,(H,9,10)/b2*4-3+. The van der Waals surface area contributed by atoms with Gasteiger partial charge in [0.1, 0.15) is 11.3 Å². The Bertz CT molecular complexity index is 602. The van der Waals surface area contributed by atoms with E-state index < -0.39 is 11.9 Å². The summed E-state index contributed by atoms with van der Waals surface area (Å²) in [5.41, 5.74) is 0.651. The Morgan fingerprint density at radius 2 is 1.58 bits per heavy atom. The molecular formula is C21H30O5. The van der Waals surface area contributed by atoms with Crippen LogP contribution in [0.4, 0.5) is 0 Å². The van der Waals surface area contributed by atoms with Crippen LogP contribution in [-0.2, 0) is 11.2 Å². The fraction of sp³-hybridized carbons (Fsp3) is 0.429. The Balaban J connectivity index is 0.000000541. The molecule has 1 rings (SSSR count). The maximum Gasteiger partial charge on any atom is 0.339 e. The summed E-state index contributed by atoms with van der Waals surface area (Å²) >= 11 is 0. The van der Waals surface area contributed by atoms with Crippen LogP contribution in [0.25, 0.3) is 0 Å². The minimum atomic E-state index is -1.09. The van der Waals surface area contributed by atoms with Gasteiger partial charge in [0.15, 0.2) is 0 Å². The van der Waals surface area contributed by atoms with E-state index in [0.717, 1.165) is 32.1 Å². The van der Waals surface area contributed by atoms with E-state index in [1.807, 2.05) is 12.2 Å². The second-order valence-corrected chi connectivity index (χ2v) is 5.70.